The monoisotopic (exact) mass is 202 g/mol. The predicted molar refractivity (Wildman–Crippen MR) is 57.0 cm³/mol. The summed E-state index contributed by atoms with van der Waals surface area (Å²) in [7, 11) is 1.72. The number of hydrogen-bond donors (Lipinski definition) is 3. The number of rotatable bonds is 5. The summed E-state index contributed by atoms with van der Waals surface area (Å²) >= 11 is 0. The van der Waals surface area contributed by atoms with E-state index in [4.69, 9.17) is 5.11 Å². The number of aliphatic hydroxyl groups is 1. The van der Waals surface area contributed by atoms with E-state index in [2.05, 4.69) is 31.4 Å². The van der Waals surface area contributed by atoms with Crippen molar-refractivity contribution < 1.29 is 9.90 Å². The molecule has 0 fully saturated rings. The van der Waals surface area contributed by atoms with Crippen LogP contribution < -0.4 is 10.6 Å². The second-order valence-corrected chi connectivity index (χ2v) is 4.74. The van der Waals surface area contributed by atoms with E-state index in [1.165, 1.54) is 0 Å². The maximum atomic E-state index is 11.2. The molecule has 1 atom stereocenters. The minimum Gasteiger partial charge on any atom is -0.394 e. The molecule has 84 valence electrons. The van der Waals surface area contributed by atoms with Crippen LogP contribution in [0.15, 0.2) is 0 Å². The summed E-state index contributed by atoms with van der Waals surface area (Å²) < 4.78 is 0. The van der Waals surface area contributed by atoms with Gasteiger partial charge in [0.05, 0.1) is 19.2 Å². The van der Waals surface area contributed by atoms with E-state index < -0.39 is 0 Å². The van der Waals surface area contributed by atoms with E-state index in [9.17, 15) is 4.79 Å². The van der Waals surface area contributed by atoms with Crippen LogP contribution in [0.4, 0.5) is 0 Å². The first-order valence-electron chi connectivity index (χ1n) is 4.94. The molecule has 0 aliphatic carbocycles. The molecule has 4 nitrogen and oxygen atoms in total. The maximum absolute atomic E-state index is 11.2. The Hall–Kier alpha value is -0.610. The van der Waals surface area contributed by atoms with E-state index in [0.717, 1.165) is 6.42 Å². The molecule has 14 heavy (non-hydrogen) atoms. The molecule has 0 aromatic rings. The second kappa shape index (κ2) is 5.98. The molecule has 0 aliphatic rings. The third-order valence-electron chi connectivity index (χ3n) is 1.78. The quantitative estimate of drug-likeness (QED) is 0.593. The number of aliphatic hydroxyl groups excluding tert-OH is 1. The van der Waals surface area contributed by atoms with Crippen LogP contribution in [-0.2, 0) is 4.79 Å². The van der Waals surface area contributed by atoms with Crippen LogP contribution in [0.1, 0.15) is 27.2 Å². The van der Waals surface area contributed by atoms with Gasteiger partial charge in [-0.3, -0.25) is 4.79 Å². The van der Waals surface area contributed by atoms with Crippen molar-refractivity contribution in [1.29, 1.82) is 0 Å². The van der Waals surface area contributed by atoms with E-state index in [1.807, 2.05) is 0 Å². The number of amides is 1. The summed E-state index contributed by atoms with van der Waals surface area (Å²) in [5, 5.41) is 14.6. The van der Waals surface area contributed by atoms with Gasteiger partial charge in [-0.05, 0) is 18.9 Å². The van der Waals surface area contributed by atoms with Crippen LogP contribution in [0.25, 0.3) is 0 Å². The largest absolute Gasteiger partial charge is 0.394 e. The Kier molecular flexibility index (Phi) is 5.72. The van der Waals surface area contributed by atoms with E-state index in [0.29, 0.717) is 6.54 Å². The minimum atomic E-state index is -0.143. The highest BCUT2D eigenvalue weighted by molar-refractivity contribution is 5.78. The van der Waals surface area contributed by atoms with E-state index >= 15 is 0 Å². The van der Waals surface area contributed by atoms with Crippen molar-refractivity contribution in [2.24, 2.45) is 5.41 Å². The Bertz CT molecular complexity index is 175. The molecular formula is C10H22N2O2. The number of hydrogen-bond acceptors (Lipinski definition) is 3. The summed E-state index contributed by atoms with van der Waals surface area (Å²) in [6.45, 7) is 6.53. The summed E-state index contributed by atoms with van der Waals surface area (Å²) in [6, 6.07) is -0.143. The Morgan fingerprint density at radius 2 is 2.00 bits per heavy atom. The molecule has 3 N–H and O–H groups in total. The van der Waals surface area contributed by atoms with E-state index in [-0.39, 0.29) is 24.0 Å². The third-order valence-corrected chi connectivity index (χ3v) is 1.78. The van der Waals surface area contributed by atoms with Gasteiger partial charge >= 0.3 is 0 Å². The van der Waals surface area contributed by atoms with Crippen molar-refractivity contribution in [3.8, 4) is 0 Å². The van der Waals surface area contributed by atoms with Crippen LogP contribution in [0.5, 0.6) is 0 Å². The lowest BCUT2D eigenvalue weighted by Gasteiger charge is -2.25. The van der Waals surface area contributed by atoms with Gasteiger partial charge in [-0.25, -0.2) is 0 Å². The molecule has 0 bridgehead atoms. The Balaban J connectivity index is 3.97. The van der Waals surface area contributed by atoms with Gasteiger partial charge in [-0.2, -0.15) is 0 Å². The number of carbonyl (C=O) groups is 1. The fourth-order valence-electron chi connectivity index (χ4n) is 1.34. The highest BCUT2D eigenvalue weighted by atomic mass is 16.3. The van der Waals surface area contributed by atoms with Crippen molar-refractivity contribution in [1.82, 2.24) is 10.6 Å². The van der Waals surface area contributed by atoms with Crippen molar-refractivity contribution >= 4 is 5.91 Å². The van der Waals surface area contributed by atoms with Crippen LogP contribution in [0.3, 0.4) is 0 Å². The summed E-state index contributed by atoms with van der Waals surface area (Å²) in [5.41, 5.74) is 0.111. The van der Waals surface area contributed by atoms with Crippen molar-refractivity contribution in [3.05, 3.63) is 0 Å². The molecule has 0 saturated carbocycles. The van der Waals surface area contributed by atoms with Gasteiger partial charge in [0.25, 0.3) is 0 Å². The van der Waals surface area contributed by atoms with Gasteiger partial charge in [0, 0.05) is 0 Å². The molecule has 1 amide bonds. The van der Waals surface area contributed by atoms with Crippen molar-refractivity contribution in [3.63, 3.8) is 0 Å². The third kappa shape index (κ3) is 6.86. The van der Waals surface area contributed by atoms with Gasteiger partial charge in [-0.15, -0.1) is 0 Å². The lowest BCUT2D eigenvalue weighted by atomic mass is 9.88. The van der Waals surface area contributed by atoms with Crippen molar-refractivity contribution in [2.45, 2.75) is 33.2 Å². The summed E-state index contributed by atoms with van der Waals surface area (Å²) in [5.74, 6) is -0.0733. The second-order valence-electron chi connectivity index (χ2n) is 4.74. The Morgan fingerprint density at radius 1 is 1.43 bits per heavy atom. The average Bonchev–Trinajstić information content (AvgIpc) is 2.01. The van der Waals surface area contributed by atoms with Gasteiger partial charge in [0.1, 0.15) is 0 Å². The number of nitrogens with one attached hydrogen (secondary N) is 2. The standard InChI is InChI=1S/C10H22N2O2/c1-10(2,3)5-8(7-13)12-9(14)6-11-4/h8,11,13H,5-7H2,1-4H3,(H,12,14). The smallest absolute Gasteiger partial charge is 0.234 e. The lowest BCUT2D eigenvalue weighted by Crippen LogP contribution is -2.43. The fourth-order valence-corrected chi connectivity index (χ4v) is 1.34. The lowest BCUT2D eigenvalue weighted by molar-refractivity contribution is -0.121. The topological polar surface area (TPSA) is 61.4 Å². The minimum absolute atomic E-state index is 0.00722. The molecule has 0 aliphatic heterocycles. The molecule has 0 radical (unpaired) electrons. The summed E-state index contributed by atoms with van der Waals surface area (Å²) in [6.07, 6.45) is 0.777. The SMILES string of the molecule is CNCC(=O)NC(CO)CC(C)(C)C. The molecule has 0 rings (SSSR count). The predicted octanol–water partition coefficient (Wildman–Crippen LogP) is 0.119. The molecule has 0 aromatic heterocycles. The van der Waals surface area contributed by atoms with Crippen LogP contribution in [-0.4, -0.2) is 37.3 Å². The first kappa shape index (κ1) is 13.4. The van der Waals surface area contributed by atoms with Gasteiger partial charge in [-0.1, -0.05) is 20.8 Å². The molecule has 1 unspecified atom stereocenters. The highest BCUT2D eigenvalue weighted by Crippen LogP contribution is 2.20. The number of likely N-dealkylation sites (N-methyl/N-ethyl adjacent to an activating group) is 1. The normalized spacial score (nSPS) is 13.8. The first-order valence-corrected chi connectivity index (χ1v) is 4.94. The zero-order valence-corrected chi connectivity index (χ0v) is 9.55. The van der Waals surface area contributed by atoms with E-state index in [1.54, 1.807) is 7.05 Å². The van der Waals surface area contributed by atoms with Gasteiger partial charge < -0.3 is 15.7 Å². The van der Waals surface area contributed by atoms with Gasteiger partial charge in [0.2, 0.25) is 5.91 Å². The molecule has 0 heterocycles. The Labute approximate surface area is 86.1 Å². The van der Waals surface area contributed by atoms with Crippen LogP contribution in [0.2, 0.25) is 0 Å². The highest BCUT2D eigenvalue weighted by Gasteiger charge is 2.19. The van der Waals surface area contributed by atoms with Crippen molar-refractivity contribution in [2.75, 3.05) is 20.2 Å². The zero-order chi connectivity index (χ0) is 11.2. The van der Waals surface area contributed by atoms with Gasteiger partial charge in [0.15, 0.2) is 0 Å². The summed E-state index contributed by atoms with van der Waals surface area (Å²) in [4.78, 5) is 11.2. The average molecular weight is 202 g/mol. The number of carbonyl (C=O) groups excluding carboxylic acids is 1. The Morgan fingerprint density at radius 3 is 2.36 bits per heavy atom. The zero-order valence-electron chi connectivity index (χ0n) is 9.55. The molecule has 0 spiro atoms. The fraction of sp³-hybridized carbons (Fsp3) is 0.900. The maximum Gasteiger partial charge on any atom is 0.234 e. The first-order chi connectivity index (χ1) is 6.39. The van der Waals surface area contributed by atoms with Crippen LogP contribution >= 0.6 is 0 Å². The molecule has 0 saturated heterocycles. The molecular weight excluding hydrogens is 180 g/mol. The molecule has 4 heteroatoms. The molecule has 0 aromatic carbocycles. The van der Waals surface area contributed by atoms with Crippen LogP contribution in [0, 0.1) is 5.41 Å².